The molecule has 30 heavy (non-hydrogen) atoms. The molecule has 0 aromatic carbocycles. The van der Waals surface area contributed by atoms with Crippen molar-refractivity contribution < 1.29 is 4.39 Å². The Bertz CT molecular complexity index is 985. The van der Waals surface area contributed by atoms with Crippen LogP contribution in [0.3, 0.4) is 0 Å². The number of anilines is 1. The molecule has 3 heterocycles. The lowest BCUT2D eigenvalue weighted by molar-refractivity contribution is 0.188. The van der Waals surface area contributed by atoms with E-state index in [0.29, 0.717) is 36.6 Å². The van der Waals surface area contributed by atoms with E-state index < -0.39 is 6.17 Å². The molecule has 0 aliphatic heterocycles. The van der Waals surface area contributed by atoms with Gasteiger partial charge in [0.2, 0.25) is 0 Å². The third-order valence-corrected chi connectivity index (χ3v) is 5.33. The Hall–Kier alpha value is -2.84. The van der Waals surface area contributed by atoms with Crippen LogP contribution < -0.4 is 16.8 Å². The lowest BCUT2D eigenvalue weighted by Crippen LogP contribution is -2.39. The number of halogens is 1. The van der Waals surface area contributed by atoms with Crippen molar-refractivity contribution in [1.82, 2.24) is 19.7 Å². The fraction of sp³-hybridized carbons (Fsp3) is 0.409. The molecule has 4 rings (SSSR count). The molecule has 8 heteroatoms. The zero-order chi connectivity index (χ0) is 21.5. The number of hydrogen-bond acceptors (Lipinski definition) is 6. The maximum absolute atomic E-state index is 13.7. The number of nitrogens with two attached hydrogens (primary N) is 2. The normalized spacial score (nSPS) is 18.6. The van der Waals surface area contributed by atoms with Gasteiger partial charge in [0.1, 0.15) is 17.6 Å². The summed E-state index contributed by atoms with van der Waals surface area (Å²) in [5.41, 5.74) is 15.2. The number of aromatic nitrogens is 3. The highest BCUT2D eigenvalue weighted by atomic mass is 19.1. The first-order valence-corrected chi connectivity index (χ1v) is 10.3. The van der Waals surface area contributed by atoms with Crippen LogP contribution in [0.2, 0.25) is 0 Å². The van der Waals surface area contributed by atoms with Crippen LogP contribution in [-0.2, 0) is 13.1 Å². The Labute approximate surface area is 176 Å². The molecule has 1 unspecified atom stereocenters. The van der Waals surface area contributed by atoms with Crippen molar-refractivity contribution in [3.8, 4) is 0 Å². The molecule has 2 atom stereocenters. The Kier molecular flexibility index (Phi) is 7.48. The van der Waals surface area contributed by atoms with Crippen LogP contribution in [0.4, 0.5) is 10.2 Å². The summed E-state index contributed by atoms with van der Waals surface area (Å²) >= 11 is 0. The Morgan fingerprint density at radius 3 is 2.77 bits per heavy atom. The number of pyridine rings is 2. The van der Waals surface area contributed by atoms with Gasteiger partial charge in [-0.1, -0.05) is 18.9 Å². The zero-order valence-electron chi connectivity index (χ0n) is 17.3. The summed E-state index contributed by atoms with van der Waals surface area (Å²) in [6.07, 6.45) is 8.49. The average molecular weight is 412 g/mol. The molecule has 3 aromatic heterocycles. The molecule has 1 aliphatic carbocycles. The van der Waals surface area contributed by atoms with Gasteiger partial charge in [0.05, 0.1) is 5.69 Å². The van der Waals surface area contributed by atoms with Crippen LogP contribution in [0.5, 0.6) is 0 Å². The van der Waals surface area contributed by atoms with Crippen LogP contribution in [0.1, 0.15) is 49.4 Å². The Morgan fingerprint density at radius 2 is 2.07 bits per heavy atom. The summed E-state index contributed by atoms with van der Waals surface area (Å²) < 4.78 is 15.6. The molecule has 6 N–H and O–H groups in total. The van der Waals surface area contributed by atoms with E-state index in [-0.39, 0.29) is 6.04 Å². The van der Waals surface area contributed by atoms with Gasteiger partial charge in [0.25, 0.3) is 0 Å². The number of fused-ring (bicyclic) bond motifs is 1. The highest BCUT2D eigenvalue weighted by molar-refractivity contribution is 6.00. The third-order valence-electron chi connectivity index (χ3n) is 5.33. The molecule has 0 spiro atoms. The van der Waals surface area contributed by atoms with Gasteiger partial charge in [0.15, 0.2) is 0 Å². The second kappa shape index (κ2) is 10.3. The van der Waals surface area contributed by atoms with Crippen molar-refractivity contribution in [2.45, 2.75) is 57.9 Å². The van der Waals surface area contributed by atoms with E-state index in [1.165, 1.54) is 0 Å². The van der Waals surface area contributed by atoms with Crippen LogP contribution in [0.25, 0.3) is 5.65 Å². The van der Waals surface area contributed by atoms with E-state index in [9.17, 15) is 4.39 Å². The lowest BCUT2D eigenvalue weighted by Gasteiger charge is -2.26. The van der Waals surface area contributed by atoms with Crippen LogP contribution in [0.15, 0.2) is 42.9 Å². The van der Waals surface area contributed by atoms with Crippen LogP contribution in [0, 0.1) is 5.41 Å². The van der Waals surface area contributed by atoms with Crippen molar-refractivity contribution in [3.63, 3.8) is 0 Å². The highest BCUT2D eigenvalue weighted by Gasteiger charge is 2.24. The van der Waals surface area contributed by atoms with Gasteiger partial charge < -0.3 is 26.6 Å². The van der Waals surface area contributed by atoms with E-state index in [1.54, 1.807) is 19.2 Å². The summed E-state index contributed by atoms with van der Waals surface area (Å²) in [6, 6.07) is 7.53. The molecule has 0 bridgehead atoms. The molecular formula is C22H30FN7. The second-order valence-electron chi connectivity index (χ2n) is 7.54. The molecule has 0 saturated heterocycles. The van der Waals surface area contributed by atoms with Crippen molar-refractivity contribution in [2.75, 3.05) is 5.73 Å². The maximum atomic E-state index is 13.7. The number of rotatable bonds is 5. The first-order chi connectivity index (χ1) is 14.5. The first kappa shape index (κ1) is 21.9. The molecule has 160 valence electrons. The van der Waals surface area contributed by atoms with Crippen molar-refractivity contribution in [1.29, 1.82) is 5.41 Å². The number of alkyl halides is 1. The van der Waals surface area contributed by atoms with Gasteiger partial charge in [-0.05, 0) is 38.0 Å². The lowest BCUT2D eigenvalue weighted by atomic mass is 9.93. The van der Waals surface area contributed by atoms with Crippen molar-refractivity contribution in [3.05, 3.63) is 59.7 Å². The molecule has 0 radical (unpaired) electrons. The van der Waals surface area contributed by atoms with Crippen LogP contribution in [-0.4, -0.2) is 32.3 Å². The SMILES string of the molecule is CC(=N)c1ccc(CN[C@@H]2CCCCC2F)nc1N.NCc1cccn2ccnc12. The van der Waals surface area contributed by atoms with Gasteiger partial charge in [-0.15, -0.1) is 0 Å². The monoisotopic (exact) mass is 411 g/mol. The van der Waals surface area contributed by atoms with E-state index in [2.05, 4.69) is 15.3 Å². The summed E-state index contributed by atoms with van der Waals surface area (Å²) in [7, 11) is 0. The molecule has 1 aliphatic rings. The predicted octanol–water partition coefficient (Wildman–Crippen LogP) is 3.21. The smallest absolute Gasteiger partial charge is 0.141 e. The fourth-order valence-electron chi connectivity index (χ4n) is 3.65. The molecule has 7 nitrogen and oxygen atoms in total. The maximum Gasteiger partial charge on any atom is 0.141 e. The highest BCUT2D eigenvalue weighted by Crippen LogP contribution is 2.21. The van der Waals surface area contributed by atoms with E-state index in [4.69, 9.17) is 16.9 Å². The van der Waals surface area contributed by atoms with Gasteiger partial charge in [-0.3, -0.25) is 0 Å². The minimum Gasteiger partial charge on any atom is -0.383 e. The van der Waals surface area contributed by atoms with E-state index in [1.807, 2.05) is 35.0 Å². The Balaban J connectivity index is 0.000000196. The van der Waals surface area contributed by atoms with Crippen molar-refractivity contribution in [2.24, 2.45) is 5.73 Å². The van der Waals surface area contributed by atoms with Gasteiger partial charge >= 0.3 is 0 Å². The summed E-state index contributed by atoms with van der Waals surface area (Å²) in [6.45, 7) is 2.75. The number of hydrogen-bond donors (Lipinski definition) is 4. The first-order valence-electron chi connectivity index (χ1n) is 10.3. The zero-order valence-corrected chi connectivity index (χ0v) is 17.3. The number of nitrogen functional groups attached to an aromatic ring is 1. The minimum absolute atomic E-state index is 0.0686. The van der Waals surface area contributed by atoms with Crippen LogP contribution >= 0.6 is 0 Å². The largest absolute Gasteiger partial charge is 0.383 e. The molecule has 1 fully saturated rings. The van der Waals surface area contributed by atoms with E-state index in [0.717, 1.165) is 36.2 Å². The summed E-state index contributed by atoms with van der Waals surface area (Å²) in [5, 5.41) is 10.8. The quantitative estimate of drug-likeness (QED) is 0.481. The average Bonchev–Trinajstić information content (AvgIpc) is 3.22. The molecule has 1 saturated carbocycles. The molecule has 0 amide bonds. The van der Waals surface area contributed by atoms with Crippen molar-refractivity contribution >= 4 is 17.2 Å². The third kappa shape index (κ3) is 5.40. The fourth-order valence-corrected chi connectivity index (χ4v) is 3.65. The molecular weight excluding hydrogens is 381 g/mol. The number of imidazole rings is 1. The summed E-state index contributed by atoms with van der Waals surface area (Å²) in [4.78, 5) is 8.43. The minimum atomic E-state index is -0.755. The van der Waals surface area contributed by atoms with Gasteiger partial charge in [-0.2, -0.15) is 0 Å². The van der Waals surface area contributed by atoms with Gasteiger partial charge in [0, 0.05) is 54.6 Å². The second-order valence-corrected chi connectivity index (χ2v) is 7.54. The standard InChI is InChI=1S/C14H21FN4.C8H9N3/c1-9(16)11-7-6-10(19-14(11)17)8-18-13-5-3-2-4-12(13)15;9-6-7-2-1-4-11-5-3-10-8(7)11/h6-7,12-13,16,18H,2-5,8H2,1H3,(H2,17,19);1-5H,6,9H2/t12?,13-;/m1./s1. The molecule has 3 aromatic rings. The number of nitrogens with zero attached hydrogens (tertiary/aromatic N) is 3. The topological polar surface area (TPSA) is 118 Å². The van der Waals surface area contributed by atoms with E-state index >= 15 is 0 Å². The number of nitrogens with one attached hydrogen (secondary N) is 2. The van der Waals surface area contributed by atoms with Gasteiger partial charge in [-0.25, -0.2) is 14.4 Å². The summed E-state index contributed by atoms with van der Waals surface area (Å²) in [5.74, 6) is 0.368. The Morgan fingerprint density at radius 1 is 1.27 bits per heavy atom. The predicted molar refractivity (Wildman–Crippen MR) is 118 cm³/mol.